The first-order valence-electron chi connectivity index (χ1n) is 6.94. The van der Waals surface area contributed by atoms with Gasteiger partial charge in [-0.15, -0.1) is 26.0 Å². The van der Waals surface area contributed by atoms with E-state index < -0.39 is 0 Å². The van der Waals surface area contributed by atoms with Crippen molar-refractivity contribution in [3.63, 3.8) is 0 Å². The first-order chi connectivity index (χ1) is 8.11. The van der Waals surface area contributed by atoms with E-state index in [1.807, 2.05) is 0 Å². The summed E-state index contributed by atoms with van der Waals surface area (Å²) in [5.74, 6) is 1.91. The Bertz CT molecular complexity index is 185. The smallest absolute Gasteiger partial charge is 0.0323 e. The van der Waals surface area contributed by atoms with Crippen LogP contribution in [0.5, 0.6) is 0 Å². The predicted molar refractivity (Wildman–Crippen MR) is 81.0 cm³/mol. The van der Waals surface area contributed by atoms with E-state index in [2.05, 4.69) is 53.7 Å². The second kappa shape index (κ2) is 10.5. The lowest BCUT2D eigenvalue weighted by atomic mass is 9.63. The van der Waals surface area contributed by atoms with Crippen molar-refractivity contribution in [3.05, 3.63) is 13.2 Å². The largest absolute Gasteiger partial charge is 0.124 e. The molecule has 1 saturated carbocycles. The third kappa shape index (κ3) is 6.57. The zero-order valence-corrected chi connectivity index (χ0v) is 12.5. The van der Waals surface area contributed by atoms with Crippen LogP contribution >= 0.6 is 0 Å². The topological polar surface area (TPSA) is 0 Å². The average molecular weight is 236 g/mol. The molecular weight excluding hydrogens is 204 g/mol. The highest BCUT2D eigenvalue weighted by atomic mass is 14.4. The third-order valence-electron chi connectivity index (χ3n) is 4.29. The van der Waals surface area contributed by atoms with Crippen LogP contribution in [-0.4, -0.2) is 0 Å². The predicted octanol–water partition coefficient (Wildman–Crippen LogP) is 5.69. The van der Waals surface area contributed by atoms with Gasteiger partial charge in [-0.3, -0.25) is 0 Å². The first kappa shape index (κ1) is 18.7. The molecule has 0 radical (unpaired) electrons. The van der Waals surface area contributed by atoms with Crippen LogP contribution in [0.3, 0.4) is 0 Å². The molecule has 0 bridgehead atoms. The van der Waals surface area contributed by atoms with Crippen molar-refractivity contribution in [2.75, 3.05) is 0 Å². The molecule has 2 unspecified atom stereocenters. The number of hydrogen-bond acceptors (Lipinski definition) is 0. The van der Waals surface area contributed by atoms with E-state index in [4.69, 9.17) is 0 Å². The summed E-state index contributed by atoms with van der Waals surface area (Å²) in [6.45, 7) is 15.6. The molecule has 0 aromatic heterocycles. The van der Waals surface area contributed by atoms with Gasteiger partial charge in [0.25, 0.3) is 0 Å². The van der Waals surface area contributed by atoms with Crippen LogP contribution in [0, 0.1) is 30.1 Å². The Labute approximate surface area is 110 Å². The minimum Gasteiger partial charge on any atom is -0.124 e. The molecule has 100 valence electrons. The van der Waals surface area contributed by atoms with E-state index in [0.717, 1.165) is 17.3 Å². The van der Waals surface area contributed by atoms with E-state index in [1.54, 1.807) is 0 Å². The van der Waals surface area contributed by atoms with Crippen LogP contribution < -0.4 is 0 Å². The molecule has 0 spiro atoms. The Morgan fingerprint density at radius 2 is 1.59 bits per heavy atom. The molecule has 17 heavy (non-hydrogen) atoms. The highest BCUT2D eigenvalue weighted by Gasteiger charge is 2.34. The SMILES string of the molecule is C#C.C=C.CCC(C)C(CC)CC1(C)CCC1. The van der Waals surface area contributed by atoms with Crippen LogP contribution in [0.25, 0.3) is 0 Å². The highest BCUT2D eigenvalue weighted by molar-refractivity contribution is 4.86. The number of terminal acetylenes is 1. The van der Waals surface area contributed by atoms with Gasteiger partial charge in [-0.05, 0) is 36.5 Å². The molecule has 0 heterocycles. The van der Waals surface area contributed by atoms with Gasteiger partial charge in [0.15, 0.2) is 0 Å². The molecule has 0 aromatic rings. The fourth-order valence-corrected chi connectivity index (χ4v) is 2.70. The third-order valence-corrected chi connectivity index (χ3v) is 4.29. The fraction of sp³-hybridized carbons (Fsp3) is 0.765. The van der Waals surface area contributed by atoms with Crippen LogP contribution in [0.2, 0.25) is 0 Å². The summed E-state index contributed by atoms with van der Waals surface area (Å²) >= 11 is 0. The quantitative estimate of drug-likeness (QED) is 0.425. The van der Waals surface area contributed by atoms with Crippen molar-refractivity contribution in [2.24, 2.45) is 17.3 Å². The molecular formula is C17H32. The maximum atomic E-state index is 4.00. The molecule has 0 aliphatic heterocycles. The number of hydrogen-bond donors (Lipinski definition) is 0. The first-order valence-corrected chi connectivity index (χ1v) is 6.94. The maximum Gasteiger partial charge on any atom is -0.0323 e. The van der Waals surface area contributed by atoms with Gasteiger partial charge in [-0.1, -0.05) is 47.0 Å². The van der Waals surface area contributed by atoms with Crippen molar-refractivity contribution in [3.8, 4) is 12.8 Å². The molecule has 0 nitrogen and oxygen atoms in total. The van der Waals surface area contributed by atoms with Crippen LogP contribution in [-0.2, 0) is 0 Å². The maximum absolute atomic E-state index is 4.00. The van der Waals surface area contributed by atoms with Gasteiger partial charge in [-0.25, -0.2) is 0 Å². The van der Waals surface area contributed by atoms with Gasteiger partial charge in [0.1, 0.15) is 0 Å². The molecule has 0 amide bonds. The van der Waals surface area contributed by atoms with Gasteiger partial charge in [0.2, 0.25) is 0 Å². The summed E-state index contributed by atoms with van der Waals surface area (Å²) in [6, 6.07) is 0. The van der Waals surface area contributed by atoms with Gasteiger partial charge >= 0.3 is 0 Å². The van der Waals surface area contributed by atoms with Gasteiger partial charge in [-0.2, -0.15) is 0 Å². The van der Waals surface area contributed by atoms with E-state index in [0.29, 0.717) is 0 Å². The molecule has 0 N–H and O–H groups in total. The minimum absolute atomic E-state index is 0.726. The van der Waals surface area contributed by atoms with Crippen molar-refractivity contribution < 1.29 is 0 Å². The summed E-state index contributed by atoms with van der Waals surface area (Å²) in [5, 5.41) is 0. The molecule has 0 aromatic carbocycles. The van der Waals surface area contributed by atoms with E-state index in [-0.39, 0.29) is 0 Å². The zero-order valence-electron chi connectivity index (χ0n) is 12.5. The van der Waals surface area contributed by atoms with Gasteiger partial charge in [0.05, 0.1) is 0 Å². The molecule has 1 aliphatic carbocycles. The second-order valence-electron chi connectivity index (χ2n) is 5.42. The van der Waals surface area contributed by atoms with E-state index in [1.165, 1.54) is 38.5 Å². The summed E-state index contributed by atoms with van der Waals surface area (Å²) in [6.07, 6.45) is 16.7. The Balaban J connectivity index is 0. The molecule has 1 rings (SSSR count). The normalized spacial score (nSPS) is 19.4. The van der Waals surface area contributed by atoms with Crippen molar-refractivity contribution in [1.82, 2.24) is 0 Å². The lowest BCUT2D eigenvalue weighted by molar-refractivity contribution is 0.0962. The molecule has 2 atom stereocenters. The summed E-state index contributed by atoms with van der Waals surface area (Å²) in [4.78, 5) is 0. The summed E-state index contributed by atoms with van der Waals surface area (Å²) in [5.41, 5.74) is 0.726. The molecule has 0 heteroatoms. The number of rotatable bonds is 5. The van der Waals surface area contributed by atoms with E-state index >= 15 is 0 Å². The Hall–Kier alpha value is -0.700. The Morgan fingerprint density at radius 1 is 1.12 bits per heavy atom. The molecule has 0 saturated heterocycles. The lowest BCUT2D eigenvalue weighted by Crippen LogP contribution is -2.30. The minimum atomic E-state index is 0.726. The standard InChI is InChI=1S/C13H26.C2H4.C2H2/c1-5-11(3)12(6-2)10-13(4)8-7-9-13;2*1-2/h11-12H,5-10H2,1-4H3;1-2H2;1-2H. The summed E-state index contributed by atoms with van der Waals surface area (Å²) in [7, 11) is 0. The van der Waals surface area contributed by atoms with E-state index in [9.17, 15) is 0 Å². The Morgan fingerprint density at radius 3 is 1.82 bits per heavy atom. The fourth-order valence-electron chi connectivity index (χ4n) is 2.70. The van der Waals surface area contributed by atoms with Crippen LogP contribution in [0.1, 0.15) is 66.2 Å². The highest BCUT2D eigenvalue weighted by Crippen LogP contribution is 2.47. The monoisotopic (exact) mass is 236 g/mol. The van der Waals surface area contributed by atoms with Crippen LogP contribution in [0.4, 0.5) is 0 Å². The summed E-state index contributed by atoms with van der Waals surface area (Å²) < 4.78 is 0. The molecule has 1 fully saturated rings. The second-order valence-corrected chi connectivity index (χ2v) is 5.42. The van der Waals surface area contributed by atoms with Crippen molar-refractivity contribution in [2.45, 2.75) is 66.2 Å². The molecule has 1 aliphatic rings. The van der Waals surface area contributed by atoms with Crippen LogP contribution in [0.15, 0.2) is 13.2 Å². The van der Waals surface area contributed by atoms with Crippen molar-refractivity contribution >= 4 is 0 Å². The zero-order chi connectivity index (χ0) is 13.9. The Kier molecular flexibility index (Phi) is 11.5. The van der Waals surface area contributed by atoms with Crippen molar-refractivity contribution in [1.29, 1.82) is 0 Å². The van der Waals surface area contributed by atoms with Gasteiger partial charge < -0.3 is 0 Å². The average Bonchev–Trinajstić information content (AvgIpc) is 2.37. The lowest BCUT2D eigenvalue weighted by Gasteiger charge is -2.42. The van der Waals surface area contributed by atoms with Gasteiger partial charge in [0, 0.05) is 0 Å².